The summed E-state index contributed by atoms with van der Waals surface area (Å²) in [5, 5.41) is 11.2. The van der Waals surface area contributed by atoms with Crippen molar-refractivity contribution in [3.8, 4) is 17.8 Å². The van der Waals surface area contributed by atoms with E-state index in [9.17, 15) is 9.90 Å². The molecular formula is C25H38N4O5. The summed E-state index contributed by atoms with van der Waals surface area (Å²) in [6, 6.07) is 3.96. The van der Waals surface area contributed by atoms with Gasteiger partial charge < -0.3 is 24.2 Å². The lowest BCUT2D eigenvalue weighted by atomic mass is 9.79. The summed E-state index contributed by atoms with van der Waals surface area (Å²) < 4.78 is 15.6. The molecule has 0 radical (unpaired) electrons. The predicted molar refractivity (Wildman–Crippen MR) is 131 cm³/mol. The van der Waals surface area contributed by atoms with Gasteiger partial charge in [0.2, 0.25) is 5.95 Å². The first kappa shape index (κ1) is 27.1. The number of rotatable bonds is 7. The number of anilines is 2. The van der Waals surface area contributed by atoms with Gasteiger partial charge in [0.05, 0.1) is 26.7 Å². The number of carbonyl (C=O) groups is 1. The highest BCUT2D eigenvalue weighted by Gasteiger charge is 2.35. The van der Waals surface area contributed by atoms with Crippen LogP contribution in [0.3, 0.4) is 0 Å². The molecule has 1 N–H and O–H groups in total. The van der Waals surface area contributed by atoms with Gasteiger partial charge in [-0.1, -0.05) is 41.5 Å². The van der Waals surface area contributed by atoms with E-state index < -0.39 is 5.41 Å². The largest absolute Gasteiger partial charge is 0.507 e. The SMILES string of the molecule is COC(=O)C(C)(C)CN(c1cc(C(C)(C)C)c(O)c(C(C)(C)C)c1)c1nc(OC)nc(OC)n1. The third-order valence-electron chi connectivity index (χ3n) is 5.50. The van der Waals surface area contributed by atoms with Crippen molar-refractivity contribution in [3.63, 3.8) is 0 Å². The molecule has 0 fully saturated rings. The second-order valence-electron chi connectivity index (χ2n) is 11.0. The molecule has 34 heavy (non-hydrogen) atoms. The number of benzene rings is 1. The molecule has 2 rings (SSSR count). The van der Waals surface area contributed by atoms with Crippen molar-refractivity contribution >= 4 is 17.6 Å². The Balaban J connectivity index is 2.89. The Hall–Kier alpha value is -3.10. The summed E-state index contributed by atoms with van der Waals surface area (Å²) in [6.07, 6.45) is 0. The topological polar surface area (TPSA) is 107 Å². The maximum absolute atomic E-state index is 12.6. The summed E-state index contributed by atoms with van der Waals surface area (Å²) in [6.45, 7) is 16.0. The van der Waals surface area contributed by atoms with Crippen LogP contribution in [0.2, 0.25) is 0 Å². The normalized spacial score (nSPS) is 12.3. The van der Waals surface area contributed by atoms with Crippen molar-refractivity contribution in [3.05, 3.63) is 23.3 Å². The van der Waals surface area contributed by atoms with Gasteiger partial charge in [-0.15, -0.1) is 4.98 Å². The minimum Gasteiger partial charge on any atom is -0.507 e. The third kappa shape index (κ3) is 5.87. The lowest BCUT2D eigenvalue weighted by Gasteiger charge is -2.34. The van der Waals surface area contributed by atoms with Crippen molar-refractivity contribution in [1.29, 1.82) is 0 Å². The van der Waals surface area contributed by atoms with Gasteiger partial charge in [0.15, 0.2) is 0 Å². The Morgan fingerprint density at radius 1 is 0.853 bits per heavy atom. The van der Waals surface area contributed by atoms with Gasteiger partial charge >= 0.3 is 18.0 Å². The van der Waals surface area contributed by atoms with Crippen LogP contribution in [0, 0.1) is 5.41 Å². The van der Waals surface area contributed by atoms with E-state index in [-0.39, 0.29) is 47.1 Å². The molecule has 188 valence electrons. The molecule has 1 aromatic heterocycles. The number of ether oxygens (including phenoxy) is 3. The van der Waals surface area contributed by atoms with Gasteiger partial charge in [0.25, 0.3) is 0 Å². The Kier molecular flexibility index (Phi) is 7.70. The van der Waals surface area contributed by atoms with Crippen molar-refractivity contribution in [1.82, 2.24) is 15.0 Å². The number of carbonyl (C=O) groups excluding carboxylic acids is 1. The maximum Gasteiger partial charge on any atom is 0.324 e. The number of methoxy groups -OCH3 is 3. The van der Waals surface area contributed by atoms with Crippen molar-refractivity contribution < 1.29 is 24.1 Å². The van der Waals surface area contributed by atoms with Crippen LogP contribution in [0.15, 0.2) is 12.1 Å². The Labute approximate surface area is 202 Å². The number of phenols is 1. The molecule has 0 bridgehead atoms. The molecule has 1 heterocycles. The van der Waals surface area contributed by atoms with Crippen LogP contribution in [0.4, 0.5) is 11.6 Å². The highest BCUT2D eigenvalue weighted by molar-refractivity contribution is 5.77. The summed E-state index contributed by atoms with van der Waals surface area (Å²) in [5.41, 5.74) is 0.632. The predicted octanol–water partition coefficient (Wildman–Crippen LogP) is 4.53. The van der Waals surface area contributed by atoms with E-state index in [1.807, 2.05) is 53.7 Å². The number of hydrogen-bond acceptors (Lipinski definition) is 9. The van der Waals surface area contributed by atoms with Gasteiger partial charge in [-0.25, -0.2) is 0 Å². The molecule has 0 saturated heterocycles. The summed E-state index contributed by atoms with van der Waals surface area (Å²) in [4.78, 5) is 27.4. The van der Waals surface area contributed by atoms with Crippen LogP contribution in [0.5, 0.6) is 17.8 Å². The average molecular weight is 475 g/mol. The van der Waals surface area contributed by atoms with Crippen LogP contribution in [0.1, 0.15) is 66.5 Å². The van der Waals surface area contributed by atoms with Crippen molar-refractivity contribution in [2.75, 3.05) is 32.8 Å². The number of phenolic OH excluding ortho intramolecular Hbond substituents is 1. The van der Waals surface area contributed by atoms with Crippen LogP contribution in [-0.4, -0.2) is 53.9 Å². The zero-order valence-corrected chi connectivity index (χ0v) is 22.2. The zero-order chi connectivity index (χ0) is 26.1. The molecule has 0 amide bonds. The van der Waals surface area contributed by atoms with Gasteiger partial charge in [0.1, 0.15) is 5.75 Å². The molecule has 0 saturated carbocycles. The van der Waals surface area contributed by atoms with E-state index in [1.54, 1.807) is 18.7 Å². The van der Waals surface area contributed by atoms with Crippen LogP contribution < -0.4 is 14.4 Å². The van der Waals surface area contributed by atoms with Crippen LogP contribution in [0.25, 0.3) is 0 Å². The second kappa shape index (κ2) is 9.64. The van der Waals surface area contributed by atoms with E-state index in [4.69, 9.17) is 14.2 Å². The van der Waals surface area contributed by atoms with Crippen LogP contribution >= 0.6 is 0 Å². The molecule has 1 aromatic carbocycles. The molecule has 0 spiro atoms. The summed E-state index contributed by atoms with van der Waals surface area (Å²) in [7, 11) is 4.27. The van der Waals surface area contributed by atoms with Crippen molar-refractivity contribution in [2.24, 2.45) is 5.41 Å². The van der Waals surface area contributed by atoms with E-state index in [2.05, 4.69) is 15.0 Å². The number of esters is 1. The maximum atomic E-state index is 12.6. The van der Waals surface area contributed by atoms with Gasteiger partial charge in [-0.3, -0.25) is 4.79 Å². The second-order valence-corrected chi connectivity index (χ2v) is 11.0. The number of aromatic nitrogens is 3. The number of aromatic hydroxyl groups is 1. The summed E-state index contributed by atoms with van der Waals surface area (Å²) in [5.74, 6) is 0.115. The Morgan fingerprint density at radius 3 is 1.65 bits per heavy atom. The van der Waals surface area contributed by atoms with Gasteiger partial charge in [-0.05, 0) is 36.8 Å². The van der Waals surface area contributed by atoms with E-state index in [0.717, 1.165) is 11.1 Å². The lowest BCUT2D eigenvalue weighted by Crippen LogP contribution is -2.39. The molecule has 9 nitrogen and oxygen atoms in total. The van der Waals surface area contributed by atoms with E-state index in [0.29, 0.717) is 5.69 Å². The molecule has 0 atom stereocenters. The lowest BCUT2D eigenvalue weighted by molar-refractivity contribution is -0.150. The highest BCUT2D eigenvalue weighted by Crippen LogP contribution is 2.43. The smallest absolute Gasteiger partial charge is 0.324 e. The third-order valence-corrected chi connectivity index (χ3v) is 5.50. The number of hydrogen-bond donors (Lipinski definition) is 1. The fourth-order valence-corrected chi connectivity index (χ4v) is 3.56. The van der Waals surface area contributed by atoms with Gasteiger partial charge in [-0.2, -0.15) is 9.97 Å². The molecular weight excluding hydrogens is 436 g/mol. The standard InChI is InChI=1S/C25H38N4O5/c1-23(2,3)16-12-15(13-17(18(16)30)24(4,5)6)29(14-25(7,8)19(31)32-9)20-26-21(33-10)28-22(27-20)34-11/h12-13,30H,14H2,1-11H3. The van der Waals surface area contributed by atoms with Crippen molar-refractivity contribution in [2.45, 2.75) is 66.2 Å². The van der Waals surface area contributed by atoms with E-state index >= 15 is 0 Å². The monoisotopic (exact) mass is 474 g/mol. The number of nitrogens with zero attached hydrogens (tertiary/aromatic N) is 4. The first-order valence-corrected chi connectivity index (χ1v) is 11.1. The van der Waals surface area contributed by atoms with E-state index in [1.165, 1.54) is 21.3 Å². The fraction of sp³-hybridized carbons (Fsp3) is 0.600. The molecule has 0 aliphatic heterocycles. The fourth-order valence-electron chi connectivity index (χ4n) is 3.56. The Morgan fingerprint density at radius 2 is 1.29 bits per heavy atom. The highest BCUT2D eigenvalue weighted by atomic mass is 16.5. The molecule has 0 aliphatic rings. The molecule has 9 heteroatoms. The molecule has 0 aliphatic carbocycles. The minimum atomic E-state index is -0.913. The first-order valence-electron chi connectivity index (χ1n) is 11.1. The average Bonchev–Trinajstić information content (AvgIpc) is 2.75. The molecule has 2 aromatic rings. The molecule has 0 unspecified atom stereocenters. The van der Waals surface area contributed by atoms with Gasteiger partial charge in [0, 0.05) is 23.4 Å². The first-order chi connectivity index (χ1) is 15.5. The minimum absolute atomic E-state index is 0.0774. The van der Waals surface area contributed by atoms with Crippen LogP contribution in [-0.2, 0) is 20.4 Å². The summed E-state index contributed by atoms with van der Waals surface area (Å²) >= 11 is 0. The Bertz CT molecular complexity index is 981. The zero-order valence-electron chi connectivity index (χ0n) is 22.2. The quantitative estimate of drug-likeness (QED) is 0.579.